The quantitative estimate of drug-likeness (QED) is 0.774. The maximum atomic E-state index is 5.74. The Morgan fingerprint density at radius 1 is 1.60 bits per heavy atom. The van der Waals surface area contributed by atoms with Gasteiger partial charge < -0.3 is 10.6 Å². The van der Waals surface area contributed by atoms with Crippen LogP contribution in [-0.2, 0) is 6.54 Å². The average Bonchev–Trinajstić information content (AvgIpc) is 2.69. The molecule has 1 aromatic rings. The first-order chi connectivity index (χ1) is 7.26. The second kappa shape index (κ2) is 6.93. The predicted octanol–water partition coefficient (Wildman–Crippen LogP) is 1.95. The van der Waals surface area contributed by atoms with Gasteiger partial charge in [-0.1, -0.05) is 13.3 Å². The lowest BCUT2D eigenvalue weighted by molar-refractivity contribution is 0.261. The average molecular weight is 227 g/mol. The Labute approximate surface area is 96.3 Å². The van der Waals surface area contributed by atoms with E-state index in [9.17, 15) is 0 Å². The molecular weight excluding hydrogens is 206 g/mol. The molecular formula is C11H21N3S. The number of nitrogens with two attached hydrogens (primary N) is 1. The summed E-state index contributed by atoms with van der Waals surface area (Å²) in [6, 6.07) is 0. The van der Waals surface area contributed by atoms with Crippen molar-refractivity contribution < 1.29 is 0 Å². The van der Waals surface area contributed by atoms with Crippen LogP contribution >= 0.6 is 11.3 Å². The molecule has 0 aliphatic rings. The molecule has 0 aliphatic carbocycles. The van der Waals surface area contributed by atoms with E-state index in [0.29, 0.717) is 5.92 Å². The van der Waals surface area contributed by atoms with Crippen molar-refractivity contribution in [2.75, 3.05) is 20.1 Å². The van der Waals surface area contributed by atoms with E-state index in [1.165, 1.54) is 12.8 Å². The minimum absolute atomic E-state index is 0.624. The van der Waals surface area contributed by atoms with Crippen LogP contribution in [-0.4, -0.2) is 30.0 Å². The smallest absolute Gasteiger partial charge is 0.0795 e. The summed E-state index contributed by atoms with van der Waals surface area (Å²) in [5.74, 6) is 0.624. The van der Waals surface area contributed by atoms with Gasteiger partial charge in [-0.05, 0) is 25.9 Å². The zero-order valence-corrected chi connectivity index (χ0v) is 10.5. The van der Waals surface area contributed by atoms with E-state index >= 15 is 0 Å². The Kier molecular flexibility index (Phi) is 5.83. The van der Waals surface area contributed by atoms with Crippen molar-refractivity contribution in [3.8, 4) is 0 Å². The molecule has 4 heteroatoms. The molecule has 0 amide bonds. The molecule has 0 bridgehead atoms. The van der Waals surface area contributed by atoms with Crippen LogP contribution in [0.15, 0.2) is 10.9 Å². The summed E-state index contributed by atoms with van der Waals surface area (Å²) in [5, 5.41) is 2.10. The highest BCUT2D eigenvalue weighted by Gasteiger charge is 2.09. The van der Waals surface area contributed by atoms with Gasteiger partial charge in [0.05, 0.1) is 11.2 Å². The topological polar surface area (TPSA) is 42.1 Å². The van der Waals surface area contributed by atoms with Gasteiger partial charge in [-0.25, -0.2) is 4.98 Å². The molecule has 2 N–H and O–H groups in total. The molecule has 3 nitrogen and oxygen atoms in total. The minimum Gasteiger partial charge on any atom is -0.330 e. The third kappa shape index (κ3) is 4.73. The standard InChI is InChI=1S/C11H21N3S/c1-3-4-10(5-12)6-14(2)7-11-8-15-9-13-11/h8-10H,3-7,12H2,1-2H3. The summed E-state index contributed by atoms with van der Waals surface area (Å²) in [4.78, 5) is 6.59. The van der Waals surface area contributed by atoms with E-state index in [1.807, 2.05) is 5.51 Å². The van der Waals surface area contributed by atoms with Crippen LogP contribution in [0, 0.1) is 5.92 Å². The summed E-state index contributed by atoms with van der Waals surface area (Å²) in [6.07, 6.45) is 2.43. The van der Waals surface area contributed by atoms with Crippen molar-refractivity contribution in [2.45, 2.75) is 26.3 Å². The molecule has 1 unspecified atom stereocenters. The number of hydrogen-bond acceptors (Lipinski definition) is 4. The molecule has 0 aromatic carbocycles. The number of aromatic nitrogens is 1. The fourth-order valence-electron chi connectivity index (χ4n) is 1.79. The summed E-state index contributed by atoms with van der Waals surface area (Å²) >= 11 is 1.65. The van der Waals surface area contributed by atoms with Crippen LogP contribution < -0.4 is 5.73 Å². The molecule has 1 aromatic heterocycles. The van der Waals surface area contributed by atoms with Crippen molar-refractivity contribution in [3.05, 3.63) is 16.6 Å². The molecule has 0 saturated heterocycles. The third-order valence-electron chi connectivity index (χ3n) is 2.52. The van der Waals surface area contributed by atoms with Gasteiger partial charge in [0, 0.05) is 18.5 Å². The molecule has 0 fully saturated rings. The summed E-state index contributed by atoms with van der Waals surface area (Å²) in [6.45, 7) is 5.00. The fraction of sp³-hybridized carbons (Fsp3) is 0.727. The Hall–Kier alpha value is -0.450. The first-order valence-electron chi connectivity index (χ1n) is 5.52. The Morgan fingerprint density at radius 3 is 2.93 bits per heavy atom. The van der Waals surface area contributed by atoms with Gasteiger partial charge in [-0.2, -0.15) is 0 Å². The molecule has 0 aliphatic heterocycles. The Bertz CT molecular complexity index is 248. The molecule has 0 saturated carbocycles. The van der Waals surface area contributed by atoms with Crippen LogP contribution in [0.25, 0.3) is 0 Å². The molecule has 86 valence electrons. The van der Waals surface area contributed by atoms with E-state index < -0.39 is 0 Å². The number of thiazole rings is 1. The van der Waals surface area contributed by atoms with Gasteiger partial charge >= 0.3 is 0 Å². The van der Waals surface area contributed by atoms with Crippen molar-refractivity contribution in [1.82, 2.24) is 9.88 Å². The van der Waals surface area contributed by atoms with Gasteiger partial charge in [-0.15, -0.1) is 11.3 Å². The van der Waals surface area contributed by atoms with E-state index in [4.69, 9.17) is 5.73 Å². The van der Waals surface area contributed by atoms with Crippen LogP contribution in [0.4, 0.5) is 0 Å². The molecule has 0 radical (unpaired) electrons. The fourth-order valence-corrected chi connectivity index (χ4v) is 2.34. The summed E-state index contributed by atoms with van der Waals surface area (Å²) in [7, 11) is 2.14. The number of rotatable bonds is 7. The summed E-state index contributed by atoms with van der Waals surface area (Å²) in [5.41, 5.74) is 8.79. The Balaban J connectivity index is 2.30. The zero-order chi connectivity index (χ0) is 11.1. The van der Waals surface area contributed by atoms with Crippen molar-refractivity contribution in [2.24, 2.45) is 11.7 Å². The SMILES string of the molecule is CCCC(CN)CN(C)Cc1cscn1. The second-order valence-corrected chi connectivity index (χ2v) is 4.79. The highest BCUT2D eigenvalue weighted by atomic mass is 32.1. The van der Waals surface area contributed by atoms with Gasteiger partial charge in [0.15, 0.2) is 0 Å². The lowest BCUT2D eigenvalue weighted by atomic mass is 10.0. The van der Waals surface area contributed by atoms with Crippen LogP contribution in [0.2, 0.25) is 0 Å². The second-order valence-electron chi connectivity index (χ2n) is 4.07. The van der Waals surface area contributed by atoms with Gasteiger partial charge in [0.1, 0.15) is 0 Å². The van der Waals surface area contributed by atoms with Crippen molar-refractivity contribution >= 4 is 11.3 Å². The largest absolute Gasteiger partial charge is 0.330 e. The highest BCUT2D eigenvalue weighted by Crippen LogP contribution is 2.09. The van der Waals surface area contributed by atoms with E-state index in [1.54, 1.807) is 11.3 Å². The maximum Gasteiger partial charge on any atom is 0.0795 e. The first kappa shape index (κ1) is 12.6. The maximum absolute atomic E-state index is 5.74. The normalized spacial score (nSPS) is 13.3. The van der Waals surface area contributed by atoms with Crippen LogP contribution in [0.3, 0.4) is 0 Å². The van der Waals surface area contributed by atoms with Gasteiger partial charge in [-0.3, -0.25) is 0 Å². The molecule has 1 rings (SSSR count). The first-order valence-corrected chi connectivity index (χ1v) is 6.46. The zero-order valence-electron chi connectivity index (χ0n) is 9.65. The van der Waals surface area contributed by atoms with E-state index in [2.05, 4.69) is 29.2 Å². The predicted molar refractivity (Wildman–Crippen MR) is 65.9 cm³/mol. The number of hydrogen-bond donors (Lipinski definition) is 1. The minimum atomic E-state index is 0.624. The van der Waals surface area contributed by atoms with Gasteiger partial charge in [0.2, 0.25) is 0 Å². The van der Waals surface area contributed by atoms with Crippen molar-refractivity contribution in [1.29, 1.82) is 0 Å². The lowest BCUT2D eigenvalue weighted by Gasteiger charge is -2.21. The van der Waals surface area contributed by atoms with E-state index in [0.717, 1.165) is 25.3 Å². The highest BCUT2D eigenvalue weighted by molar-refractivity contribution is 7.07. The van der Waals surface area contributed by atoms with Crippen LogP contribution in [0.5, 0.6) is 0 Å². The van der Waals surface area contributed by atoms with Crippen LogP contribution in [0.1, 0.15) is 25.5 Å². The molecule has 15 heavy (non-hydrogen) atoms. The van der Waals surface area contributed by atoms with Crippen molar-refractivity contribution in [3.63, 3.8) is 0 Å². The Morgan fingerprint density at radius 2 is 2.40 bits per heavy atom. The van der Waals surface area contributed by atoms with Gasteiger partial charge in [0.25, 0.3) is 0 Å². The molecule has 0 spiro atoms. The summed E-state index contributed by atoms with van der Waals surface area (Å²) < 4.78 is 0. The molecule has 1 heterocycles. The number of nitrogens with zero attached hydrogens (tertiary/aromatic N) is 2. The van der Waals surface area contributed by atoms with E-state index in [-0.39, 0.29) is 0 Å². The third-order valence-corrected chi connectivity index (χ3v) is 3.15. The lowest BCUT2D eigenvalue weighted by Crippen LogP contribution is -2.29. The molecule has 1 atom stereocenters. The monoisotopic (exact) mass is 227 g/mol.